The van der Waals surface area contributed by atoms with Gasteiger partial charge in [0, 0.05) is 56.4 Å². The zero-order valence-corrected chi connectivity index (χ0v) is 21.8. The van der Waals surface area contributed by atoms with Crippen molar-refractivity contribution in [2.24, 2.45) is 0 Å². The minimum Gasteiger partial charge on any atom is -0.357 e. The molecule has 2 saturated heterocycles. The standard InChI is InChI=1S/C26H33ClN4O3S/c1-30(21-8-3-2-4-9-21)23-17-22(27)28-25(29-23)35-18-19-6-5-7-20(16-19)24(32)31-12-10-26(11-13-31)33-14-15-34-26/h5-7,16-17,21H,2-4,8-15,18H2,1H3. The minimum absolute atomic E-state index is 0.0556. The number of hydrogen-bond donors (Lipinski definition) is 0. The molecule has 2 aliphatic heterocycles. The predicted octanol–water partition coefficient (Wildman–Crippen LogP) is 5.17. The van der Waals surface area contributed by atoms with Gasteiger partial charge in [0.05, 0.1) is 13.2 Å². The van der Waals surface area contributed by atoms with Crippen LogP contribution >= 0.6 is 23.4 Å². The molecule has 0 unspecified atom stereocenters. The molecule has 3 fully saturated rings. The van der Waals surface area contributed by atoms with Gasteiger partial charge in [-0.15, -0.1) is 0 Å². The Morgan fingerprint density at radius 3 is 2.63 bits per heavy atom. The molecular weight excluding hydrogens is 484 g/mol. The van der Waals surface area contributed by atoms with Crippen LogP contribution in [0.2, 0.25) is 5.15 Å². The van der Waals surface area contributed by atoms with Crippen molar-refractivity contribution in [2.75, 3.05) is 38.3 Å². The smallest absolute Gasteiger partial charge is 0.253 e. The molecule has 0 atom stereocenters. The Kier molecular flexibility index (Phi) is 7.82. The number of ether oxygens (including phenoxy) is 2. The molecule has 1 saturated carbocycles. The summed E-state index contributed by atoms with van der Waals surface area (Å²) in [5, 5.41) is 1.12. The first-order valence-corrected chi connectivity index (χ1v) is 13.9. The summed E-state index contributed by atoms with van der Waals surface area (Å²) in [4.78, 5) is 26.5. The molecule has 1 aromatic carbocycles. The largest absolute Gasteiger partial charge is 0.357 e. The van der Waals surface area contributed by atoms with Crippen LogP contribution in [-0.2, 0) is 15.2 Å². The van der Waals surface area contributed by atoms with E-state index >= 15 is 0 Å². The molecule has 1 aromatic heterocycles. The number of aromatic nitrogens is 2. The first-order chi connectivity index (χ1) is 17.0. The number of carbonyl (C=O) groups is 1. The molecular formula is C26H33ClN4O3S. The highest BCUT2D eigenvalue weighted by Crippen LogP contribution is 2.32. The fourth-order valence-electron chi connectivity index (χ4n) is 5.25. The van der Waals surface area contributed by atoms with Crippen LogP contribution in [0.3, 0.4) is 0 Å². The second-order valence-corrected chi connectivity index (χ2v) is 11.0. The molecule has 0 bridgehead atoms. The van der Waals surface area contributed by atoms with Gasteiger partial charge in [0.2, 0.25) is 0 Å². The second-order valence-electron chi connectivity index (χ2n) is 9.62. The van der Waals surface area contributed by atoms with E-state index in [9.17, 15) is 4.79 Å². The molecule has 9 heteroatoms. The van der Waals surface area contributed by atoms with Gasteiger partial charge in [-0.25, -0.2) is 9.97 Å². The molecule has 3 aliphatic rings. The van der Waals surface area contributed by atoms with Crippen molar-refractivity contribution < 1.29 is 14.3 Å². The van der Waals surface area contributed by atoms with E-state index in [2.05, 4.69) is 16.9 Å². The summed E-state index contributed by atoms with van der Waals surface area (Å²) in [5.74, 6) is 1.12. The van der Waals surface area contributed by atoms with Crippen molar-refractivity contribution >= 4 is 35.1 Å². The molecule has 1 aliphatic carbocycles. The van der Waals surface area contributed by atoms with Gasteiger partial charge < -0.3 is 19.3 Å². The molecule has 5 rings (SSSR count). The Morgan fingerprint density at radius 2 is 1.89 bits per heavy atom. The number of anilines is 1. The summed E-state index contributed by atoms with van der Waals surface area (Å²) in [6.45, 7) is 2.57. The summed E-state index contributed by atoms with van der Waals surface area (Å²) in [7, 11) is 2.10. The number of likely N-dealkylation sites (tertiary alicyclic amines) is 1. The van der Waals surface area contributed by atoms with Gasteiger partial charge in [-0.3, -0.25) is 4.79 Å². The monoisotopic (exact) mass is 516 g/mol. The lowest BCUT2D eigenvalue weighted by Crippen LogP contribution is -2.47. The molecule has 7 nitrogen and oxygen atoms in total. The van der Waals surface area contributed by atoms with Gasteiger partial charge in [-0.05, 0) is 30.5 Å². The number of benzene rings is 1. The van der Waals surface area contributed by atoms with Crippen LogP contribution in [0, 0.1) is 0 Å². The molecule has 0 radical (unpaired) electrons. The fraction of sp³-hybridized carbons (Fsp3) is 0.577. The van der Waals surface area contributed by atoms with E-state index in [0.29, 0.717) is 54.0 Å². The number of hydrogen-bond acceptors (Lipinski definition) is 7. The van der Waals surface area contributed by atoms with E-state index in [4.69, 9.17) is 26.1 Å². The number of amides is 1. The molecule has 3 heterocycles. The maximum atomic E-state index is 13.1. The Balaban J connectivity index is 1.21. The third kappa shape index (κ3) is 5.93. The number of halogens is 1. The lowest BCUT2D eigenvalue weighted by atomic mass is 9.94. The van der Waals surface area contributed by atoms with Crippen LogP contribution in [0.15, 0.2) is 35.5 Å². The zero-order valence-electron chi connectivity index (χ0n) is 20.2. The third-order valence-electron chi connectivity index (χ3n) is 7.31. The lowest BCUT2D eigenvalue weighted by molar-refractivity contribution is -0.181. The van der Waals surface area contributed by atoms with Crippen LogP contribution in [0.25, 0.3) is 0 Å². The average Bonchev–Trinajstić information content (AvgIpc) is 3.35. The van der Waals surface area contributed by atoms with Crippen molar-refractivity contribution in [3.05, 3.63) is 46.6 Å². The van der Waals surface area contributed by atoms with Crippen molar-refractivity contribution in [2.45, 2.75) is 67.7 Å². The third-order valence-corrected chi connectivity index (χ3v) is 8.42. The van der Waals surface area contributed by atoms with Crippen LogP contribution in [0.1, 0.15) is 60.9 Å². The number of rotatable bonds is 6. The summed E-state index contributed by atoms with van der Waals surface area (Å²) in [6.07, 6.45) is 7.68. The summed E-state index contributed by atoms with van der Waals surface area (Å²) < 4.78 is 11.6. The lowest BCUT2D eigenvalue weighted by Gasteiger charge is -2.37. The van der Waals surface area contributed by atoms with E-state index in [0.717, 1.165) is 24.2 Å². The predicted molar refractivity (Wildman–Crippen MR) is 138 cm³/mol. The summed E-state index contributed by atoms with van der Waals surface area (Å²) >= 11 is 7.90. The van der Waals surface area contributed by atoms with Crippen LogP contribution in [0.4, 0.5) is 5.82 Å². The number of nitrogens with zero attached hydrogens (tertiary/aromatic N) is 4. The Morgan fingerprint density at radius 1 is 1.14 bits per heavy atom. The highest BCUT2D eigenvalue weighted by molar-refractivity contribution is 7.98. The van der Waals surface area contributed by atoms with E-state index in [1.165, 1.54) is 32.1 Å². The molecule has 2 aromatic rings. The van der Waals surface area contributed by atoms with Crippen LogP contribution < -0.4 is 4.90 Å². The number of piperidine rings is 1. The SMILES string of the molecule is CN(c1cc(Cl)nc(SCc2cccc(C(=O)N3CCC4(CC3)OCCO4)c2)n1)C1CCCCC1. The van der Waals surface area contributed by atoms with E-state index in [1.807, 2.05) is 35.2 Å². The van der Waals surface area contributed by atoms with Crippen molar-refractivity contribution in [3.63, 3.8) is 0 Å². The number of carbonyl (C=O) groups excluding carboxylic acids is 1. The summed E-state index contributed by atoms with van der Waals surface area (Å²) in [6, 6.07) is 10.2. The topological polar surface area (TPSA) is 67.8 Å². The first-order valence-electron chi connectivity index (χ1n) is 12.6. The van der Waals surface area contributed by atoms with Crippen LogP contribution in [-0.4, -0.2) is 66.0 Å². The van der Waals surface area contributed by atoms with E-state index < -0.39 is 5.79 Å². The minimum atomic E-state index is -0.476. The molecule has 0 N–H and O–H groups in total. The normalized spacial score (nSPS) is 20.3. The van der Waals surface area contributed by atoms with Gasteiger partial charge in [0.15, 0.2) is 10.9 Å². The van der Waals surface area contributed by atoms with Gasteiger partial charge in [-0.1, -0.05) is 54.8 Å². The molecule has 1 spiro atoms. The highest BCUT2D eigenvalue weighted by atomic mass is 35.5. The van der Waals surface area contributed by atoms with Gasteiger partial charge in [0.1, 0.15) is 11.0 Å². The van der Waals surface area contributed by atoms with Crippen LogP contribution in [0.5, 0.6) is 0 Å². The van der Waals surface area contributed by atoms with E-state index in [-0.39, 0.29) is 5.91 Å². The number of thioether (sulfide) groups is 1. The Hall–Kier alpha value is -1.87. The quantitative estimate of drug-likeness (QED) is 0.298. The van der Waals surface area contributed by atoms with Gasteiger partial charge in [-0.2, -0.15) is 0 Å². The van der Waals surface area contributed by atoms with E-state index in [1.54, 1.807) is 11.8 Å². The summed E-state index contributed by atoms with van der Waals surface area (Å²) in [5.41, 5.74) is 1.76. The zero-order chi connectivity index (χ0) is 24.3. The maximum absolute atomic E-state index is 13.1. The molecule has 1 amide bonds. The Labute approximate surface area is 216 Å². The first kappa shape index (κ1) is 24.8. The van der Waals surface area contributed by atoms with Crippen molar-refractivity contribution in [1.82, 2.24) is 14.9 Å². The Bertz CT molecular complexity index is 1030. The maximum Gasteiger partial charge on any atom is 0.253 e. The van der Waals surface area contributed by atoms with Crippen molar-refractivity contribution in [1.29, 1.82) is 0 Å². The van der Waals surface area contributed by atoms with Gasteiger partial charge in [0.25, 0.3) is 5.91 Å². The fourth-order valence-corrected chi connectivity index (χ4v) is 6.27. The van der Waals surface area contributed by atoms with Crippen molar-refractivity contribution in [3.8, 4) is 0 Å². The molecule has 188 valence electrons. The second kappa shape index (κ2) is 11.0. The molecule has 35 heavy (non-hydrogen) atoms. The average molecular weight is 517 g/mol. The van der Waals surface area contributed by atoms with Gasteiger partial charge >= 0.3 is 0 Å². The highest BCUT2D eigenvalue weighted by Gasteiger charge is 2.40.